The first-order chi connectivity index (χ1) is 14.3. The second-order valence-corrected chi connectivity index (χ2v) is 8.44. The predicted octanol–water partition coefficient (Wildman–Crippen LogP) is 1.37. The molecule has 8 nitrogen and oxygen atoms in total. The number of piperidine rings is 1. The molecule has 0 bridgehead atoms. The van der Waals surface area contributed by atoms with E-state index in [9.17, 15) is 0 Å². The third-order valence-corrected chi connectivity index (χ3v) is 5.65. The van der Waals surface area contributed by atoms with Crippen molar-refractivity contribution in [1.29, 1.82) is 0 Å². The van der Waals surface area contributed by atoms with Crippen LogP contribution in [-0.2, 0) is 6.42 Å². The lowest BCUT2D eigenvalue weighted by Crippen LogP contribution is -2.45. The van der Waals surface area contributed by atoms with E-state index in [1.807, 2.05) is 13.1 Å². The standard InChI is InChI=1S/C22H39N7O/c1-15(2)12-20-16(3)26-22(27-17(20)4)29-9-6-19(7-10-29)28(5)21(24)13-18(14-23)25-8-11-30/h13-15,19,25,30H,6-12,23-24H2,1-5H3/b18-14+,21-13+. The van der Waals surface area contributed by atoms with Crippen molar-refractivity contribution in [3.05, 3.63) is 40.7 Å². The third-order valence-electron chi connectivity index (χ3n) is 5.65. The van der Waals surface area contributed by atoms with Gasteiger partial charge in [0, 0.05) is 56.4 Å². The molecule has 0 radical (unpaired) electrons. The molecule has 168 valence electrons. The normalized spacial score (nSPS) is 16.3. The van der Waals surface area contributed by atoms with Gasteiger partial charge in [0.15, 0.2) is 0 Å². The quantitative estimate of drug-likeness (QED) is 0.445. The minimum absolute atomic E-state index is 0.0405. The van der Waals surface area contributed by atoms with Crippen LogP contribution in [0.3, 0.4) is 0 Å². The van der Waals surface area contributed by atoms with Gasteiger partial charge in [0.1, 0.15) is 5.82 Å². The van der Waals surface area contributed by atoms with E-state index in [0.717, 1.165) is 49.7 Å². The fourth-order valence-corrected chi connectivity index (χ4v) is 3.85. The maximum atomic E-state index is 8.96. The summed E-state index contributed by atoms with van der Waals surface area (Å²) in [6.07, 6.45) is 6.25. The van der Waals surface area contributed by atoms with Gasteiger partial charge in [0.2, 0.25) is 5.95 Å². The van der Waals surface area contributed by atoms with Crippen molar-refractivity contribution >= 4 is 5.95 Å². The Morgan fingerprint density at radius 1 is 1.27 bits per heavy atom. The third kappa shape index (κ3) is 6.26. The smallest absolute Gasteiger partial charge is 0.225 e. The van der Waals surface area contributed by atoms with E-state index in [-0.39, 0.29) is 6.61 Å². The summed E-state index contributed by atoms with van der Waals surface area (Å²) < 4.78 is 0. The molecule has 1 aromatic rings. The number of hydrogen-bond donors (Lipinski definition) is 4. The van der Waals surface area contributed by atoms with Crippen LogP contribution in [0.25, 0.3) is 0 Å². The van der Waals surface area contributed by atoms with Crippen LogP contribution in [-0.4, -0.2) is 59.3 Å². The molecule has 0 aromatic carbocycles. The van der Waals surface area contributed by atoms with Gasteiger partial charge >= 0.3 is 0 Å². The van der Waals surface area contributed by atoms with E-state index in [4.69, 9.17) is 26.5 Å². The summed E-state index contributed by atoms with van der Waals surface area (Å²) in [6.45, 7) is 10.9. The monoisotopic (exact) mass is 417 g/mol. The zero-order chi connectivity index (χ0) is 22.3. The Morgan fingerprint density at radius 3 is 2.37 bits per heavy atom. The lowest BCUT2D eigenvalue weighted by molar-refractivity contribution is 0.253. The molecule has 6 N–H and O–H groups in total. The first kappa shape index (κ1) is 23.8. The first-order valence-electron chi connectivity index (χ1n) is 10.8. The van der Waals surface area contributed by atoms with Gasteiger partial charge in [-0.1, -0.05) is 13.8 Å². The van der Waals surface area contributed by atoms with Crippen molar-refractivity contribution in [2.45, 2.75) is 53.0 Å². The zero-order valence-corrected chi connectivity index (χ0v) is 19.1. The summed E-state index contributed by atoms with van der Waals surface area (Å²) in [5.74, 6) is 2.08. The number of aliphatic hydroxyl groups is 1. The van der Waals surface area contributed by atoms with Gasteiger partial charge in [0.05, 0.1) is 12.3 Å². The molecule has 0 unspecified atom stereocenters. The lowest BCUT2D eigenvalue weighted by atomic mass is 10.0. The summed E-state index contributed by atoms with van der Waals surface area (Å²) in [4.78, 5) is 14.0. The lowest BCUT2D eigenvalue weighted by Gasteiger charge is -2.38. The minimum atomic E-state index is 0.0405. The zero-order valence-electron chi connectivity index (χ0n) is 19.1. The molecule has 1 aromatic heterocycles. The fraction of sp³-hybridized carbons (Fsp3) is 0.636. The number of aryl methyl sites for hydroxylation is 2. The summed E-state index contributed by atoms with van der Waals surface area (Å²) in [5.41, 5.74) is 16.1. The summed E-state index contributed by atoms with van der Waals surface area (Å²) in [7, 11) is 2.01. The molecule has 0 amide bonds. The highest BCUT2D eigenvalue weighted by molar-refractivity contribution is 5.37. The van der Waals surface area contributed by atoms with Crippen molar-refractivity contribution in [3.8, 4) is 0 Å². The summed E-state index contributed by atoms with van der Waals surface area (Å²) in [5, 5.41) is 12.0. The number of anilines is 1. The highest BCUT2D eigenvalue weighted by Crippen LogP contribution is 2.23. The number of nitrogens with one attached hydrogen (secondary N) is 1. The van der Waals surface area contributed by atoms with Gasteiger partial charge in [-0.3, -0.25) is 0 Å². The molecule has 1 aliphatic rings. The van der Waals surface area contributed by atoms with Crippen LogP contribution in [0.15, 0.2) is 23.8 Å². The number of rotatable bonds is 9. The van der Waals surface area contributed by atoms with Crippen LogP contribution in [0.5, 0.6) is 0 Å². The minimum Gasteiger partial charge on any atom is -0.403 e. The van der Waals surface area contributed by atoms with Gasteiger partial charge < -0.3 is 31.7 Å². The molecule has 2 heterocycles. The fourth-order valence-electron chi connectivity index (χ4n) is 3.85. The van der Waals surface area contributed by atoms with Crippen molar-refractivity contribution in [3.63, 3.8) is 0 Å². The first-order valence-corrected chi connectivity index (χ1v) is 10.8. The Kier molecular flexibility index (Phi) is 8.77. The van der Waals surface area contributed by atoms with Gasteiger partial charge in [-0.05, 0) is 44.6 Å². The van der Waals surface area contributed by atoms with Crippen LogP contribution in [0, 0.1) is 19.8 Å². The Labute approximate surface area is 181 Å². The number of aromatic nitrogens is 2. The largest absolute Gasteiger partial charge is 0.403 e. The summed E-state index contributed by atoms with van der Waals surface area (Å²) in [6, 6.07) is 0.344. The number of nitrogens with zero attached hydrogens (tertiary/aromatic N) is 4. The number of allylic oxidation sites excluding steroid dienone is 1. The van der Waals surface area contributed by atoms with E-state index < -0.39 is 0 Å². The average Bonchev–Trinajstić information content (AvgIpc) is 2.72. The number of nitrogens with two attached hydrogens (primary N) is 2. The predicted molar refractivity (Wildman–Crippen MR) is 123 cm³/mol. The average molecular weight is 418 g/mol. The van der Waals surface area contributed by atoms with Crippen LogP contribution >= 0.6 is 0 Å². The maximum absolute atomic E-state index is 8.96. The van der Waals surface area contributed by atoms with E-state index >= 15 is 0 Å². The molecule has 1 saturated heterocycles. The van der Waals surface area contributed by atoms with Crippen LogP contribution in [0.1, 0.15) is 43.6 Å². The molecule has 0 saturated carbocycles. The molecule has 0 aliphatic carbocycles. The van der Waals surface area contributed by atoms with E-state index in [2.05, 4.69) is 42.8 Å². The number of hydrogen-bond acceptors (Lipinski definition) is 8. The summed E-state index contributed by atoms with van der Waals surface area (Å²) >= 11 is 0. The van der Waals surface area contributed by atoms with E-state index in [0.29, 0.717) is 30.0 Å². The van der Waals surface area contributed by atoms with Crippen molar-refractivity contribution in [2.75, 3.05) is 38.2 Å². The van der Waals surface area contributed by atoms with Gasteiger partial charge in [-0.15, -0.1) is 0 Å². The van der Waals surface area contributed by atoms with Gasteiger partial charge in [-0.25, -0.2) is 9.97 Å². The van der Waals surface area contributed by atoms with Crippen LogP contribution < -0.4 is 21.7 Å². The van der Waals surface area contributed by atoms with E-state index in [1.165, 1.54) is 11.8 Å². The number of aliphatic hydroxyl groups excluding tert-OH is 1. The molecule has 8 heteroatoms. The molecule has 1 fully saturated rings. The van der Waals surface area contributed by atoms with Gasteiger partial charge in [-0.2, -0.15) is 0 Å². The maximum Gasteiger partial charge on any atom is 0.225 e. The molecule has 0 atom stereocenters. The van der Waals surface area contributed by atoms with Gasteiger partial charge in [0.25, 0.3) is 0 Å². The molecule has 2 rings (SSSR count). The Balaban J connectivity index is 2.00. The van der Waals surface area contributed by atoms with Crippen LogP contribution in [0.2, 0.25) is 0 Å². The van der Waals surface area contributed by atoms with Crippen molar-refractivity contribution < 1.29 is 5.11 Å². The second-order valence-electron chi connectivity index (χ2n) is 8.44. The Bertz CT molecular complexity index is 729. The molecule has 0 spiro atoms. The SMILES string of the molecule is Cc1nc(N2CCC(N(C)/C(N)=C/C(=C\N)NCCO)CC2)nc(C)c1CC(C)C. The highest BCUT2D eigenvalue weighted by Gasteiger charge is 2.25. The Morgan fingerprint density at radius 2 is 1.87 bits per heavy atom. The van der Waals surface area contributed by atoms with E-state index in [1.54, 1.807) is 0 Å². The molecular formula is C22H39N7O. The molecular weight excluding hydrogens is 378 g/mol. The van der Waals surface area contributed by atoms with Crippen molar-refractivity contribution in [1.82, 2.24) is 20.2 Å². The van der Waals surface area contributed by atoms with Crippen molar-refractivity contribution in [2.24, 2.45) is 17.4 Å². The second kappa shape index (κ2) is 11.1. The highest BCUT2D eigenvalue weighted by atomic mass is 16.3. The Hall–Kier alpha value is -2.48. The topological polar surface area (TPSA) is 117 Å². The molecule has 1 aliphatic heterocycles. The molecule has 30 heavy (non-hydrogen) atoms. The van der Waals surface area contributed by atoms with Crippen LogP contribution in [0.4, 0.5) is 5.95 Å².